The Labute approximate surface area is 151 Å². The molecule has 1 N–H and O–H groups in total. The fraction of sp³-hybridized carbons (Fsp3) is 0.389. The highest BCUT2D eigenvalue weighted by atomic mass is 32.1. The van der Waals surface area contributed by atoms with E-state index in [4.69, 9.17) is 9.26 Å². The standard InChI is InChI=1S/C18H22N4O2S/c1-11(2)23-14-7-5-13(6-8-14)18-20-15(10-25-18)17-21-16(22-24-17)9-12(3)19-4/h5-8,10-12,19H,9H2,1-4H3. The summed E-state index contributed by atoms with van der Waals surface area (Å²) in [5.41, 5.74) is 1.74. The third kappa shape index (κ3) is 4.43. The highest BCUT2D eigenvalue weighted by Crippen LogP contribution is 2.29. The average molecular weight is 358 g/mol. The van der Waals surface area contributed by atoms with Crippen LogP contribution >= 0.6 is 11.3 Å². The first-order chi connectivity index (χ1) is 12.0. The second kappa shape index (κ2) is 7.76. The summed E-state index contributed by atoms with van der Waals surface area (Å²) in [5.74, 6) is 2.00. The Kier molecular flexibility index (Phi) is 5.45. The van der Waals surface area contributed by atoms with Crippen LogP contribution in [0.1, 0.15) is 26.6 Å². The highest BCUT2D eigenvalue weighted by Gasteiger charge is 2.15. The van der Waals surface area contributed by atoms with Crippen molar-refractivity contribution in [1.29, 1.82) is 0 Å². The predicted octanol–water partition coefficient (Wildman–Crippen LogP) is 3.80. The minimum atomic E-state index is 0.162. The normalized spacial score (nSPS) is 12.5. The van der Waals surface area contributed by atoms with Crippen molar-refractivity contribution < 1.29 is 9.26 Å². The first-order valence-corrected chi connectivity index (χ1v) is 9.16. The van der Waals surface area contributed by atoms with Crippen LogP contribution < -0.4 is 10.1 Å². The van der Waals surface area contributed by atoms with Gasteiger partial charge >= 0.3 is 0 Å². The van der Waals surface area contributed by atoms with Crippen LogP contribution in [0.25, 0.3) is 22.2 Å². The fourth-order valence-corrected chi connectivity index (χ4v) is 3.07. The lowest BCUT2D eigenvalue weighted by atomic mass is 10.2. The number of ether oxygens (including phenoxy) is 1. The third-order valence-electron chi connectivity index (χ3n) is 3.65. The van der Waals surface area contributed by atoms with Crippen LogP contribution in [0, 0.1) is 0 Å². The summed E-state index contributed by atoms with van der Waals surface area (Å²) < 4.78 is 11.0. The number of nitrogens with zero attached hydrogens (tertiary/aromatic N) is 3. The van der Waals surface area contributed by atoms with Crippen molar-refractivity contribution in [3.05, 3.63) is 35.5 Å². The first kappa shape index (κ1) is 17.6. The molecule has 0 amide bonds. The van der Waals surface area contributed by atoms with Crippen molar-refractivity contribution in [3.63, 3.8) is 0 Å². The molecule has 0 saturated heterocycles. The van der Waals surface area contributed by atoms with Crippen molar-refractivity contribution in [3.8, 4) is 27.9 Å². The second-order valence-electron chi connectivity index (χ2n) is 6.14. The van der Waals surface area contributed by atoms with E-state index in [0.29, 0.717) is 29.9 Å². The van der Waals surface area contributed by atoms with Gasteiger partial charge in [0.2, 0.25) is 0 Å². The summed E-state index contributed by atoms with van der Waals surface area (Å²) in [6.45, 7) is 6.09. The van der Waals surface area contributed by atoms with Gasteiger partial charge in [0.05, 0.1) is 6.10 Å². The molecule has 1 unspecified atom stereocenters. The molecule has 0 aliphatic rings. The zero-order valence-electron chi connectivity index (χ0n) is 14.8. The zero-order valence-corrected chi connectivity index (χ0v) is 15.6. The summed E-state index contributed by atoms with van der Waals surface area (Å²) in [6.07, 6.45) is 0.878. The molecule has 0 aliphatic carbocycles. The lowest BCUT2D eigenvalue weighted by Gasteiger charge is -2.09. The lowest BCUT2D eigenvalue weighted by Crippen LogP contribution is -2.24. The molecule has 0 fully saturated rings. The molecule has 25 heavy (non-hydrogen) atoms. The van der Waals surface area contributed by atoms with E-state index in [0.717, 1.165) is 16.3 Å². The first-order valence-electron chi connectivity index (χ1n) is 8.28. The van der Waals surface area contributed by atoms with Gasteiger partial charge < -0.3 is 14.6 Å². The molecule has 2 heterocycles. The van der Waals surface area contributed by atoms with E-state index in [-0.39, 0.29) is 6.10 Å². The number of hydrogen-bond acceptors (Lipinski definition) is 7. The third-order valence-corrected chi connectivity index (χ3v) is 4.54. The van der Waals surface area contributed by atoms with Gasteiger partial charge in [-0.25, -0.2) is 4.98 Å². The maximum absolute atomic E-state index is 5.67. The van der Waals surface area contributed by atoms with Crippen molar-refractivity contribution in [2.45, 2.75) is 39.3 Å². The molecule has 3 rings (SSSR count). The predicted molar refractivity (Wildman–Crippen MR) is 98.8 cm³/mol. The van der Waals surface area contributed by atoms with Gasteiger partial charge in [-0.2, -0.15) is 4.98 Å². The number of rotatable bonds is 7. The number of nitrogens with one attached hydrogen (secondary N) is 1. The largest absolute Gasteiger partial charge is 0.491 e. The molecule has 6 nitrogen and oxygen atoms in total. The quantitative estimate of drug-likeness (QED) is 0.692. The van der Waals surface area contributed by atoms with Gasteiger partial charge in [-0.1, -0.05) is 5.16 Å². The van der Waals surface area contributed by atoms with E-state index in [1.165, 1.54) is 0 Å². The highest BCUT2D eigenvalue weighted by molar-refractivity contribution is 7.13. The summed E-state index contributed by atoms with van der Waals surface area (Å²) in [7, 11) is 1.91. The van der Waals surface area contributed by atoms with E-state index in [9.17, 15) is 0 Å². The Hall–Kier alpha value is -2.25. The van der Waals surface area contributed by atoms with Crippen LogP contribution in [0.3, 0.4) is 0 Å². The lowest BCUT2D eigenvalue weighted by molar-refractivity contribution is 0.242. The molecule has 0 bridgehead atoms. The molecule has 132 valence electrons. The van der Waals surface area contributed by atoms with E-state index >= 15 is 0 Å². The van der Waals surface area contributed by atoms with Gasteiger partial charge in [-0.05, 0) is 52.1 Å². The van der Waals surface area contributed by atoms with Crippen molar-refractivity contribution >= 4 is 11.3 Å². The molecule has 1 atom stereocenters. The maximum atomic E-state index is 5.67. The van der Waals surface area contributed by atoms with E-state index in [2.05, 4.69) is 27.4 Å². The zero-order chi connectivity index (χ0) is 17.8. The summed E-state index contributed by atoms with van der Waals surface area (Å²) in [5, 5.41) is 10.0. The van der Waals surface area contributed by atoms with Crippen LogP contribution in [0.4, 0.5) is 0 Å². The van der Waals surface area contributed by atoms with E-state index < -0.39 is 0 Å². The number of benzene rings is 1. The smallest absolute Gasteiger partial charge is 0.277 e. The topological polar surface area (TPSA) is 73.1 Å². The Morgan fingerprint density at radius 3 is 2.60 bits per heavy atom. The molecule has 0 radical (unpaired) electrons. The summed E-state index contributed by atoms with van der Waals surface area (Å²) in [4.78, 5) is 9.05. The van der Waals surface area contributed by atoms with Crippen LogP contribution in [0.5, 0.6) is 5.75 Å². The van der Waals surface area contributed by atoms with Crippen LogP contribution in [-0.4, -0.2) is 34.3 Å². The minimum absolute atomic E-state index is 0.162. The van der Waals surface area contributed by atoms with Gasteiger partial charge in [0.1, 0.15) is 16.5 Å². The maximum Gasteiger partial charge on any atom is 0.277 e. The van der Waals surface area contributed by atoms with Crippen LogP contribution in [-0.2, 0) is 6.42 Å². The number of thiazole rings is 1. The second-order valence-corrected chi connectivity index (χ2v) is 7.00. The summed E-state index contributed by atoms with van der Waals surface area (Å²) >= 11 is 1.55. The van der Waals surface area contributed by atoms with E-state index in [1.807, 2.05) is 50.5 Å². The molecule has 0 saturated carbocycles. The SMILES string of the molecule is CNC(C)Cc1noc(-c2csc(-c3ccc(OC(C)C)cc3)n2)n1. The van der Waals surface area contributed by atoms with Crippen LogP contribution in [0.15, 0.2) is 34.2 Å². The average Bonchev–Trinajstić information content (AvgIpc) is 3.24. The molecule has 7 heteroatoms. The van der Waals surface area contributed by atoms with Gasteiger partial charge in [0, 0.05) is 23.4 Å². The fourth-order valence-electron chi connectivity index (χ4n) is 2.27. The van der Waals surface area contributed by atoms with Crippen molar-refractivity contribution in [2.75, 3.05) is 7.05 Å². The Morgan fingerprint density at radius 1 is 1.16 bits per heavy atom. The minimum Gasteiger partial charge on any atom is -0.491 e. The van der Waals surface area contributed by atoms with Gasteiger partial charge in [0.25, 0.3) is 5.89 Å². The molecule has 0 aliphatic heterocycles. The monoisotopic (exact) mass is 358 g/mol. The number of aromatic nitrogens is 3. The van der Waals surface area contributed by atoms with Crippen LogP contribution in [0.2, 0.25) is 0 Å². The van der Waals surface area contributed by atoms with Gasteiger partial charge in [0.15, 0.2) is 5.82 Å². The Balaban J connectivity index is 1.74. The van der Waals surface area contributed by atoms with Crippen molar-refractivity contribution in [1.82, 2.24) is 20.4 Å². The molecule has 0 spiro atoms. The van der Waals surface area contributed by atoms with Crippen molar-refractivity contribution in [2.24, 2.45) is 0 Å². The molecule has 2 aromatic heterocycles. The molecular weight excluding hydrogens is 336 g/mol. The van der Waals surface area contributed by atoms with Gasteiger partial charge in [-0.3, -0.25) is 0 Å². The Morgan fingerprint density at radius 2 is 1.92 bits per heavy atom. The Bertz CT molecular complexity index is 811. The number of hydrogen-bond donors (Lipinski definition) is 1. The van der Waals surface area contributed by atoms with E-state index in [1.54, 1.807) is 11.3 Å². The summed E-state index contributed by atoms with van der Waals surface area (Å²) in [6, 6.07) is 8.23. The molecule has 3 aromatic rings. The van der Waals surface area contributed by atoms with Gasteiger partial charge in [-0.15, -0.1) is 11.3 Å². The number of likely N-dealkylation sites (N-methyl/N-ethyl adjacent to an activating group) is 1. The molecule has 1 aromatic carbocycles. The molecular formula is C18H22N4O2S.